The molecule has 0 aliphatic rings. The summed E-state index contributed by atoms with van der Waals surface area (Å²) in [5, 5.41) is 9.38. The third kappa shape index (κ3) is 3.21. The number of phenolic OH excluding ortho intramolecular Hbond substituents is 1. The molecular formula is C20H16F3NO4. The van der Waals surface area contributed by atoms with Crippen LogP contribution in [-0.4, -0.2) is 28.2 Å². The van der Waals surface area contributed by atoms with E-state index in [1.807, 2.05) is 0 Å². The maximum absolute atomic E-state index is 14.7. The molecule has 1 N–H and O–H groups in total. The van der Waals surface area contributed by atoms with Gasteiger partial charge in [0.05, 0.1) is 18.5 Å². The molecule has 8 heteroatoms. The maximum Gasteiger partial charge on any atom is 0.310 e. The van der Waals surface area contributed by atoms with Crippen LogP contribution in [-0.2, 0) is 16.0 Å². The van der Waals surface area contributed by atoms with E-state index in [0.717, 1.165) is 22.8 Å². The fourth-order valence-electron chi connectivity index (χ4n) is 3.14. The van der Waals surface area contributed by atoms with E-state index in [9.17, 15) is 27.9 Å². The first-order chi connectivity index (χ1) is 13.3. The van der Waals surface area contributed by atoms with Crippen LogP contribution in [0.4, 0.5) is 13.2 Å². The Morgan fingerprint density at radius 2 is 1.89 bits per heavy atom. The number of benzene rings is 2. The lowest BCUT2D eigenvalue weighted by Crippen LogP contribution is -2.15. The quantitative estimate of drug-likeness (QED) is 0.686. The molecule has 146 valence electrons. The Kier molecular flexibility index (Phi) is 5.13. The monoisotopic (exact) mass is 391 g/mol. The first-order valence-corrected chi connectivity index (χ1v) is 8.43. The summed E-state index contributed by atoms with van der Waals surface area (Å²) in [4.78, 5) is 24.9. The van der Waals surface area contributed by atoms with Crippen molar-refractivity contribution in [2.45, 2.75) is 20.3 Å². The molecular weight excluding hydrogens is 375 g/mol. The molecule has 0 unspecified atom stereocenters. The summed E-state index contributed by atoms with van der Waals surface area (Å²) < 4.78 is 48.0. The maximum atomic E-state index is 14.7. The number of hydrogen-bond donors (Lipinski definition) is 1. The zero-order valence-electron chi connectivity index (χ0n) is 15.1. The number of rotatable bonds is 4. The van der Waals surface area contributed by atoms with Gasteiger partial charge in [-0.15, -0.1) is 0 Å². The smallest absolute Gasteiger partial charge is 0.310 e. The van der Waals surface area contributed by atoms with E-state index in [2.05, 4.69) is 0 Å². The first-order valence-electron chi connectivity index (χ1n) is 8.43. The highest BCUT2D eigenvalue weighted by Crippen LogP contribution is 2.35. The molecule has 1 heterocycles. The standard InChI is InChI=1S/C20H16F3NO4/c1-3-28-16(25)8-13-10(2)24(20(27)11-5-4-6-12(21)7-11)15-9-14(22)19(26)18(23)17(13)15/h4-7,9,26H,3,8H2,1-2H3. The number of aromatic hydroxyl groups is 1. The minimum absolute atomic E-state index is 0.0448. The van der Waals surface area contributed by atoms with Crippen molar-refractivity contribution in [3.63, 3.8) is 0 Å². The van der Waals surface area contributed by atoms with Crippen molar-refractivity contribution >= 4 is 22.8 Å². The largest absolute Gasteiger partial charge is 0.503 e. The summed E-state index contributed by atoms with van der Waals surface area (Å²) >= 11 is 0. The van der Waals surface area contributed by atoms with Gasteiger partial charge in [-0.25, -0.2) is 13.2 Å². The Morgan fingerprint density at radius 1 is 1.18 bits per heavy atom. The molecule has 0 fully saturated rings. The van der Waals surface area contributed by atoms with E-state index >= 15 is 0 Å². The summed E-state index contributed by atoms with van der Waals surface area (Å²) in [5.74, 6) is -5.83. The average molecular weight is 391 g/mol. The molecule has 0 aliphatic carbocycles. The van der Waals surface area contributed by atoms with Gasteiger partial charge in [-0.3, -0.25) is 14.2 Å². The second kappa shape index (κ2) is 7.38. The number of phenols is 1. The average Bonchev–Trinajstić information content (AvgIpc) is 2.91. The van der Waals surface area contributed by atoms with E-state index in [-0.39, 0.29) is 40.8 Å². The minimum Gasteiger partial charge on any atom is -0.503 e. The number of esters is 1. The van der Waals surface area contributed by atoms with Crippen LogP contribution in [0.25, 0.3) is 10.9 Å². The van der Waals surface area contributed by atoms with Gasteiger partial charge in [0.1, 0.15) is 5.82 Å². The lowest BCUT2D eigenvalue weighted by atomic mass is 10.1. The zero-order valence-corrected chi connectivity index (χ0v) is 15.1. The highest BCUT2D eigenvalue weighted by molar-refractivity contribution is 6.05. The van der Waals surface area contributed by atoms with Crippen molar-refractivity contribution in [2.24, 2.45) is 0 Å². The number of fused-ring (bicyclic) bond motifs is 1. The van der Waals surface area contributed by atoms with Gasteiger partial charge in [-0.05, 0) is 37.6 Å². The molecule has 0 saturated carbocycles. The Morgan fingerprint density at radius 3 is 2.54 bits per heavy atom. The summed E-state index contributed by atoms with van der Waals surface area (Å²) in [6.45, 7) is 3.14. The van der Waals surface area contributed by atoms with Crippen LogP contribution in [0.5, 0.6) is 5.75 Å². The molecule has 0 radical (unpaired) electrons. The SMILES string of the molecule is CCOC(=O)Cc1c(C)n(C(=O)c2cccc(F)c2)c2cc(F)c(O)c(F)c12. The van der Waals surface area contributed by atoms with Crippen LogP contribution in [0.2, 0.25) is 0 Å². The Labute approximate surface area is 158 Å². The van der Waals surface area contributed by atoms with Crippen molar-refractivity contribution < 1.29 is 32.6 Å². The van der Waals surface area contributed by atoms with Crippen LogP contribution in [0.15, 0.2) is 30.3 Å². The Hall–Kier alpha value is -3.29. The molecule has 0 atom stereocenters. The molecule has 3 aromatic rings. The van der Waals surface area contributed by atoms with Crippen molar-refractivity contribution in [3.05, 3.63) is 64.6 Å². The molecule has 1 aromatic heterocycles. The van der Waals surface area contributed by atoms with Crippen molar-refractivity contribution in [2.75, 3.05) is 6.61 Å². The third-order valence-electron chi connectivity index (χ3n) is 4.39. The molecule has 0 saturated heterocycles. The molecule has 0 aliphatic heterocycles. The minimum atomic E-state index is -1.29. The number of carbonyl (C=O) groups excluding carboxylic acids is 2. The van der Waals surface area contributed by atoms with Gasteiger partial charge in [0.2, 0.25) is 0 Å². The molecule has 28 heavy (non-hydrogen) atoms. The van der Waals surface area contributed by atoms with Gasteiger partial charge in [0.15, 0.2) is 17.4 Å². The summed E-state index contributed by atoms with van der Waals surface area (Å²) in [7, 11) is 0. The number of halogens is 3. The van der Waals surface area contributed by atoms with Crippen LogP contribution in [0.1, 0.15) is 28.5 Å². The normalized spacial score (nSPS) is 11.0. The number of ether oxygens (including phenoxy) is 1. The van der Waals surface area contributed by atoms with Gasteiger partial charge in [0, 0.05) is 22.7 Å². The van der Waals surface area contributed by atoms with E-state index < -0.39 is 35.1 Å². The zero-order chi connectivity index (χ0) is 20.6. The van der Waals surface area contributed by atoms with Gasteiger partial charge >= 0.3 is 5.97 Å². The molecule has 2 aromatic carbocycles. The van der Waals surface area contributed by atoms with Crippen LogP contribution >= 0.6 is 0 Å². The van der Waals surface area contributed by atoms with E-state index in [1.54, 1.807) is 6.92 Å². The summed E-state index contributed by atoms with van der Waals surface area (Å²) in [5.41, 5.74) is 0.00246. The number of aromatic nitrogens is 1. The number of carbonyl (C=O) groups is 2. The molecule has 5 nitrogen and oxygen atoms in total. The molecule has 0 spiro atoms. The van der Waals surface area contributed by atoms with E-state index in [4.69, 9.17) is 4.74 Å². The van der Waals surface area contributed by atoms with Gasteiger partial charge in [0.25, 0.3) is 5.91 Å². The summed E-state index contributed by atoms with van der Waals surface area (Å²) in [6, 6.07) is 5.63. The van der Waals surface area contributed by atoms with E-state index in [0.29, 0.717) is 0 Å². The predicted molar refractivity (Wildman–Crippen MR) is 94.7 cm³/mol. The lowest BCUT2D eigenvalue weighted by molar-refractivity contribution is -0.142. The fourth-order valence-corrected chi connectivity index (χ4v) is 3.14. The second-order valence-electron chi connectivity index (χ2n) is 6.11. The van der Waals surface area contributed by atoms with Gasteiger partial charge in [-0.1, -0.05) is 6.07 Å². The number of hydrogen-bond acceptors (Lipinski definition) is 4. The summed E-state index contributed by atoms with van der Waals surface area (Å²) in [6.07, 6.45) is -0.387. The lowest BCUT2D eigenvalue weighted by Gasteiger charge is -2.08. The van der Waals surface area contributed by atoms with E-state index in [1.165, 1.54) is 19.1 Å². The first kappa shape index (κ1) is 19.5. The van der Waals surface area contributed by atoms with Gasteiger partial charge < -0.3 is 9.84 Å². The molecule has 3 rings (SSSR count). The number of nitrogens with zero attached hydrogens (tertiary/aromatic N) is 1. The van der Waals surface area contributed by atoms with Crippen molar-refractivity contribution in [3.8, 4) is 5.75 Å². The highest BCUT2D eigenvalue weighted by Gasteiger charge is 2.27. The molecule has 0 bridgehead atoms. The Balaban J connectivity index is 2.29. The predicted octanol–water partition coefficient (Wildman–Crippen LogP) is 3.87. The van der Waals surface area contributed by atoms with Crippen molar-refractivity contribution in [1.82, 2.24) is 4.57 Å². The third-order valence-corrected chi connectivity index (χ3v) is 4.39. The highest BCUT2D eigenvalue weighted by atomic mass is 19.1. The van der Waals surface area contributed by atoms with Crippen LogP contribution in [0.3, 0.4) is 0 Å². The van der Waals surface area contributed by atoms with Crippen LogP contribution in [0, 0.1) is 24.4 Å². The fraction of sp³-hybridized carbons (Fsp3) is 0.200. The Bertz CT molecular complexity index is 1100. The van der Waals surface area contributed by atoms with Crippen LogP contribution < -0.4 is 0 Å². The van der Waals surface area contributed by atoms with Crippen molar-refractivity contribution in [1.29, 1.82) is 0 Å². The van der Waals surface area contributed by atoms with Gasteiger partial charge in [-0.2, -0.15) is 0 Å². The molecule has 0 amide bonds. The topological polar surface area (TPSA) is 68.5 Å². The second-order valence-corrected chi connectivity index (χ2v) is 6.11.